The lowest BCUT2D eigenvalue weighted by Gasteiger charge is -2.41. The highest BCUT2D eigenvalue weighted by atomic mass is 16.6. The van der Waals surface area contributed by atoms with Crippen LogP contribution >= 0.6 is 0 Å². The quantitative estimate of drug-likeness (QED) is 0.368. The van der Waals surface area contributed by atoms with E-state index in [4.69, 9.17) is 4.74 Å². The van der Waals surface area contributed by atoms with Gasteiger partial charge in [-0.25, -0.2) is 0 Å². The van der Waals surface area contributed by atoms with Gasteiger partial charge < -0.3 is 4.74 Å². The second-order valence-electron chi connectivity index (χ2n) is 5.83. The van der Waals surface area contributed by atoms with E-state index in [0.717, 1.165) is 38.5 Å². The van der Waals surface area contributed by atoms with Crippen LogP contribution in [0.4, 0.5) is 0 Å². The van der Waals surface area contributed by atoms with E-state index in [-0.39, 0.29) is 11.9 Å². The zero-order valence-corrected chi connectivity index (χ0v) is 10.3. The molecule has 0 aromatic heterocycles. The summed E-state index contributed by atoms with van der Waals surface area (Å²) >= 11 is 0. The molecule has 17 heavy (non-hydrogen) atoms. The van der Waals surface area contributed by atoms with Gasteiger partial charge in [-0.05, 0) is 32.6 Å². The second-order valence-corrected chi connectivity index (χ2v) is 5.83. The van der Waals surface area contributed by atoms with Gasteiger partial charge in [0.1, 0.15) is 0 Å². The van der Waals surface area contributed by atoms with Crippen molar-refractivity contribution in [2.24, 2.45) is 10.8 Å². The van der Waals surface area contributed by atoms with Crippen LogP contribution in [0.15, 0.2) is 11.6 Å². The summed E-state index contributed by atoms with van der Waals surface area (Å²) in [6.45, 7) is 2.06. The first kappa shape index (κ1) is 11.0. The number of cyclic esters (lactones) is 2. The molecular formula is C14H18O3. The van der Waals surface area contributed by atoms with E-state index in [1.165, 1.54) is 5.57 Å². The molecule has 0 aromatic rings. The average molecular weight is 234 g/mol. The Morgan fingerprint density at radius 1 is 1.06 bits per heavy atom. The summed E-state index contributed by atoms with van der Waals surface area (Å²) in [6, 6.07) is 0. The molecule has 2 atom stereocenters. The largest absolute Gasteiger partial charge is 0.392 e. The molecule has 2 aliphatic carbocycles. The van der Waals surface area contributed by atoms with Gasteiger partial charge in [-0.3, -0.25) is 9.59 Å². The summed E-state index contributed by atoms with van der Waals surface area (Å²) in [5.74, 6) is -0.509. The SMILES string of the molecule is CC1=CC[C@@]23CCCCC[C@]2(C1)C(=O)OC3=O. The third-order valence-corrected chi connectivity index (χ3v) is 4.97. The minimum Gasteiger partial charge on any atom is -0.392 e. The maximum absolute atomic E-state index is 12.2. The van der Waals surface area contributed by atoms with Crippen LogP contribution in [0.25, 0.3) is 0 Å². The number of carbonyl (C=O) groups is 2. The Morgan fingerprint density at radius 2 is 1.71 bits per heavy atom. The number of ether oxygens (including phenoxy) is 1. The lowest BCUT2D eigenvalue weighted by molar-refractivity contribution is -0.156. The molecule has 1 heterocycles. The molecule has 1 saturated carbocycles. The van der Waals surface area contributed by atoms with Gasteiger partial charge in [-0.2, -0.15) is 0 Å². The number of esters is 2. The first-order valence-electron chi connectivity index (χ1n) is 6.53. The highest BCUT2D eigenvalue weighted by Crippen LogP contribution is 2.61. The molecule has 2 fully saturated rings. The van der Waals surface area contributed by atoms with Gasteiger partial charge in [0.05, 0.1) is 10.8 Å². The van der Waals surface area contributed by atoms with Gasteiger partial charge in [0.2, 0.25) is 0 Å². The van der Waals surface area contributed by atoms with Crippen LogP contribution in [0, 0.1) is 10.8 Å². The third-order valence-electron chi connectivity index (χ3n) is 4.97. The van der Waals surface area contributed by atoms with Gasteiger partial charge in [0, 0.05) is 0 Å². The van der Waals surface area contributed by atoms with E-state index in [1.54, 1.807) is 0 Å². The Labute approximate surface area is 101 Å². The van der Waals surface area contributed by atoms with Crippen molar-refractivity contribution in [3.8, 4) is 0 Å². The molecule has 0 radical (unpaired) electrons. The molecule has 3 aliphatic rings. The highest BCUT2D eigenvalue weighted by molar-refractivity contribution is 6.02. The van der Waals surface area contributed by atoms with Gasteiger partial charge in [-0.1, -0.05) is 30.9 Å². The molecule has 1 aliphatic heterocycles. The van der Waals surface area contributed by atoms with E-state index in [9.17, 15) is 9.59 Å². The molecule has 0 bridgehead atoms. The molecule has 0 unspecified atom stereocenters. The van der Waals surface area contributed by atoms with Gasteiger partial charge in [-0.15, -0.1) is 0 Å². The zero-order chi connectivity index (χ0) is 12.1. The van der Waals surface area contributed by atoms with E-state index >= 15 is 0 Å². The van der Waals surface area contributed by atoms with E-state index < -0.39 is 10.8 Å². The Morgan fingerprint density at radius 3 is 2.47 bits per heavy atom. The Bertz CT molecular complexity index is 423. The molecular weight excluding hydrogens is 216 g/mol. The van der Waals surface area contributed by atoms with Crippen molar-refractivity contribution in [3.63, 3.8) is 0 Å². The summed E-state index contributed by atoms with van der Waals surface area (Å²) in [5.41, 5.74) is 0.175. The standard InChI is InChI=1S/C14H18O3/c1-10-5-8-13-6-3-2-4-7-14(13,9-10)12(16)17-11(13)15/h5H,2-4,6-9H2,1H3/t13-,14+/m1/s1. The first-order valence-corrected chi connectivity index (χ1v) is 6.53. The van der Waals surface area contributed by atoms with Gasteiger partial charge in [0.15, 0.2) is 0 Å². The Kier molecular flexibility index (Phi) is 2.22. The molecule has 0 amide bonds. The van der Waals surface area contributed by atoms with Crippen LogP contribution in [0.1, 0.15) is 51.9 Å². The minimum absolute atomic E-state index is 0.253. The summed E-state index contributed by atoms with van der Waals surface area (Å²) in [7, 11) is 0. The Balaban J connectivity index is 2.16. The fourth-order valence-corrected chi connectivity index (χ4v) is 3.99. The number of hydrogen-bond donors (Lipinski definition) is 0. The molecule has 0 spiro atoms. The smallest absolute Gasteiger partial charge is 0.321 e. The monoisotopic (exact) mass is 234 g/mol. The van der Waals surface area contributed by atoms with Gasteiger partial charge in [0.25, 0.3) is 0 Å². The summed E-state index contributed by atoms with van der Waals surface area (Å²) in [6.07, 6.45) is 8.39. The maximum Gasteiger partial charge on any atom is 0.321 e. The molecule has 92 valence electrons. The predicted octanol–water partition coefficient (Wildman–Crippen LogP) is 2.75. The Hall–Kier alpha value is -1.12. The van der Waals surface area contributed by atoms with Crippen molar-refractivity contribution in [1.82, 2.24) is 0 Å². The summed E-state index contributed by atoms with van der Waals surface area (Å²) in [4.78, 5) is 24.4. The molecule has 0 aromatic carbocycles. The lowest BCUT2D eigenvalue weighted by atomic mass is 9.55. The van der Waals surface area contributed by atoms with Gasteiger partial charge >= 0.3 is 11.9 Å². The van der Waals surface area contributed by atoms with Crippen LogP contribution in [0.3, 0.4) is 0 Å². The zero-order valence-electron chi connectivity index (χ0n) is 10.3. The van der Waals surface area contributed by atoms with Crippen molar-refractivity contribution >= 4 is 11.9 Å². The van der Waals surface area contributed by atoms with Crippen LogP contribution in [0.5, 0.6) is 0 Å². The second kappa shape index (κ2) is 3.44. The minimum atomic E-state index is -0.528. The fourth-order valence-electron chi connectivity index (χ4n) is 3.99. The molecule has 3 nitrogen and oxygen atoms in total. The lowest BCUT2D eigenvalue weighted by Crippen LogP contribution is -2.46. The molecule has 3 rings (SSSR count). The number of carbonyl (C=O) groups excluding carboxylic acids is 2. The van der Waals surface area contributed by atoms with Crippen LogP contribution in [-0.4, -0.2) is 11.9 Å². The topological polar surface area (TPSA) is 43.4 Å². The van der Waals surface area contributed by atoms with Crippen LogP contribution in [-0.2, 0) is 14.3 Å². The average Bonchev–Trinajstić information content (AvgIpc) is 2.45. The third kappa shape index (κ3) is 1.23. The van der Waals surface area contributed by atoms with Crippen LogP contribution in [0.2, 0.25) is 0 Å². The molecule has 0 N–H and O–H groups in total. The molecule has 1 saturated heterocycles. The first-order chi connectivity index (χ1) is 8.11. The number of hydrogen-bond acceptors (Lipinski definition) is 3. The summed E-state index contributed by atoms with van der Waals surface area (Å²) < 4.78 is 5.03. The van der Waals surface area contributed by atoms with Crippen molar-refractivity contribution in [1.29, 1.82) is 0 Å². The normalized spacial score (nSPS) is 41.1. The highest BCUT2D eigenvalue weighted by Gasteiger charge is 2.68. The van der Waals surface area contributed by atoms with Crippen LogP contribution < -0.4 is 0 Å². The van der Waals surface area contributed by atoms with Crippen molar-refractivity contribution in [2.75, 3.05) is 0 Å². The van der Waals surface area contributed by atoms with E-state index in [1.807, 2.05) is 0 Å². The molecule has 3 heteroatoms. The van der Waals surface area contributed by atoms with Crippen molar-refractivity contribution in [2.45, 2.75) is 51.9 Å². The van der Waals surface area contributed by atoms with E-state index in [0.29, 0.717) is 6.42 Å². The number of rotatable bonds is 0. The predicted molar refractivity (Wildman–Crippen MR) is 62.0 cm³/mol. The van der Waals surface area contributed by atoms with Crippen molar-refractivity contribution < 1.29 is 14.3 Å². The number of allylic oxidation sites excluding steroid dienone is 2. The maximum atomic E-state index is 12.2. The van der Waals surface area contributed by atoms with E-state index in [2.05, 4.69) is 13.0 Å². The summed E-state index contributed by atoms with van der Waals surface area (Å²) in [5, 5.41) is 0. The fraction of sp³-hybridized carbons (Fsp3) is 0.714. The van der Waals surface area contributed by atoms with Crippen molar-refractivity contribution in [3.05, 3.63) is 11.6 Å².